The average molecular weight is 300 g/mol. The third-order valence-electron chi connectivity index (χ3n) is 4.23. The van der Waals surface area contributed by atoms with Crippen LogP contribution >= 0.6 is 0 Å². The molecular weight excluding hydrogens is 280 g/mol. The molecule has 116 valence electrons. The van der Waals surface area contributed by atoms with Crippen LogP contribution in [0, 0.1) is 6.92 Å². The van der Waals surface area contributed by atoms with Gasteiger partial charge < -0.3 is 15.0 Å². The molecule has 0 saturated heterocycles. The number of aryl methyl sites for hydroxylation is 2. The van der Waals surface area contributed by atoms with Crippen molar-refractivity contribution in [2.45, 2.75) is 39.2 Å². The van der Waals surface area contributed by atoms with E-state index >= 15 is 0 Å². The van der Waals surface area contributed by atoms with Crippen molar-refractivity contribution in [3.05, 3.63) is 35.0 Å². The average Bonchev–Trinajstić information content (AvgIpc) is 2.87. The van der Waals surface area contributed by atoms with Gasteiger partial charge in [0.1, 0.15) is 0 Å². The molecule has 0 spiro atoms. The van der Waals surface area contributed by atoms with E-state index in [0.717, 1.165) is 19.3 Å². The number of hydrogen-bond donors (Lipinski definition) is 2. The summed E-state index contributed by atoms with van der Waals surface area (Å²) in [5, 5.41) is 4.00. The van der Waals surface area contributed by atoms with Crippen molar-refractivity contribution in [1.82, 2.24) is 10.3 Å². The number of hydrogen-bond acceptors (Lipinski definition) is 3. The van der Waals surface area contributed by atoms with Gasteiger partial charge in [-0.1, -0.05) is 18.2 Å². The van der Waals surface area contributed by atoms with E-state index in [1.54, 1.807) is 6.92 Å². The Morgan fingerprint density at radius 1 is 1.41 bits per heavy atom. The van der Waals surface area contributed by atoms with Crippen LogP contribution in [-0.2, 0) is 27.2 Å². The Bertz CT molecular complexity index is 733. The summed E-state index contributed by atoms with van der Waals surface area (Å²) in [7, 11) is 0. The molecule has 1 amide bonds. The van der Waals surface area contributed by atoms with Gasteiger partial charge in [0, 0.05) is 22.6 Å². The van der Waals surface area contributed by atoms with E-state index in [1.165, 1.54) is 27.7 Å². The first-order chi connectivity index (χ1) is 10.6. The van der Waals surface area contributed by atoms with E-state index in [9.17, 15) is 9.59 Å². The molecule has 2 N–H and O–H groups in total. The number of H-pyrrole nitrogens is 1. The number of nitrogens with one attached hydrogen (secondary N) is 2. The zero-order valence-electron chi connectivity index (χ0n) is 12.9. The molecule has 1 aromatic carbocycles. The number of ether oxygens (including phenoxy) is 1. The SMILES string of the molecule is CCOC(=O)C(=O)NC1CCc2[nH]c3c(C)cccc3c2C1. The number of fused-ring (bicyclic) bond motifs is 3. The Hall–Kier alpha value is -2.30. The number of amides is 1. The smallest absolute Gasteiger partial charge is 0.396 e. The van der Waals surface area contributed by atoms with Crippen LogP contribution in [0.15, 0.2) is 18.2 Å². The van der Waals surface area contributed by atoms with Crippen LogP contribution in [-0.4, -0.2) is 29.5 Å². The van der Waals surface area contributed by atoms with Gasteiger partial charge in [0.25, 0.3) is 0 Å². The van der Waals surface area contributed by atoms with E-state index in [1.807, 2.05) is 6.07 Å². The van der Waals surface area contributed by atoms with Crippen LogP contribution in [0.2, 0.25) is 0 Å². The molecule has 1 atom stereocenters. The first-order valence-electron chi connectivity index (χ1n) is 7.66. The van der Waals surface area contributed by atoms with E-state index in [4.69, 9.17) is 4.74 Å². The second-order valence-electron chi connectivity index (χ2n) is 5.71. The first kappa shape index (κ1) is 14.6. The van der Waals surface area contributed by atoms with E-state index in [2.05, 4.69) is 29.4 Å². The third-order valence-corrected chi connectivity index (χ3v) is 4.23. The molecule has 1 aliphatic carbocycles. The highest BCUT2D eigenvalue weighted by atomic mass is 16.5. The van der Waals surface area contributed by atoms with Gasteiger partial charge in [-0.25, -0.2) is 4.79 Å². The molecule has 1 unspecified atom stereocenters. The number of aromatic nitrogens is 1. The van der Waals surface area contributed by atoms with Crippen LogP contribution < -0.4 is 5.32 Å². The van der Waals surface area contributed by atoms with Gasteiger partial charge in [-0.3, -0.25) is 4.79 Å². The van der Waals surface area contributed by atoms with Crippen molar-refractivity contribution in [3.8, 4) is 0 Å². The molecule has 2 aromatic rings. The Balaban J connectivity index is 1.79. The summed E-state index contributed by atoms with van der Waals surface area (Å²) in [6, 6.07) is 6.22. The van der Waals surface area contributed by atoms with Gasteiger partial charge in [0.2, 0.25) is 0 Å². The molecule has 3 rings (SSSR count). The second kappa shape index (κ2) is 5.83. The zero-order chi connectivity index (χ0) is 15.7. The number of esters is 1. The minimum atomic E-state index is -0.803. The summed E-state index contributed by atoms with van der Waals surface area (Å²) in [5.74, 6) is -1.45. The fourth-order valence-electron chi connectivity index (χ4n) is 3.15. The van der Waals surface area contributed by atoms with E-state index in [0.29, 0.717) is 0 Å². The van der Waals surface area contributed by atoms with Crippen molar-refractivity contribution in [3.63, 3.8) is 0 Å². The molecule has 1 aliphatic rings. The van der Waals surface area contributed by atoms with Gasteiger partial charge in [0.05, 0.1) is 6.61 Å². The number of carbonyl (C=O) groups is 2. The quantitative estimate of drug-likeness (QED) is 0.658. The monoisotopic (exact) mass is 300 g/mol. The number of carbonyl (C=O) groups excluding carboxylic acids is 2. The van der Waals surface area contributed by atoms with Crippen molar-refractivity contribution < 1.29 is 14.3 Å². The fraction of sp³-hybridized carbons (Fsp3) is 0.412. The normalized spacial score (nSPS) is 17.1. The minimum Gasteiger partial charge on any atom is -0.459 e. The predicted molar refractivity (Wildman–Crippen MR) is 83.6 cm³/mol. The Morgan fingerprint density at radius 3 is 3.00 bits per heavy atom. The Kier molecular flexibility index (Phi) is 3.88. The van der Waals surface area contributed by atoms with Gasteiger partial charge in [-0.15, -0.1) is 0 Å². The Labute approximate surface area is 129 Å². The highest BCUT2D eigenvalue weighted by molar-refractivity contribution is 6.32. The molecular formula is C17H20N2O3. The molecule has 22 heavy (non-hydrogen) atoms. The van der Waals surface area contributed by atoms with Crippen LogP contribution in [0.4, 0.5) is 0 Å². The van der Waals surface area contributed by atoms with Crippen LogP contribution in [0.5, 0.6) is 0 Å². The highest BCUT2D eigenvalue weighted by Gasteiger charge is 2.26. The zero-order valence-corrected chi connectivity index (χ0v) is 12.9. The standard InChI is InChI=1S/C17H20N2O3/c1-3-22-17(21)16(20)18-11-7-8-14-13(9-11)12-6-4-5-10(2)15(12)19-14/h4-6,11,19H,3,7-9H2,1-2H3,(H,18,20). The van der Waals surface area contributed by atoms with E-state index < -0.39 is 11.9 Å². The van der Waals surface area contributed by atoms with Gasteiger partial charge in [0.15, 0.2) is 0 Å². The van der Waals surface area contributed by atoms with Crippen molar-refractivity contribution in [1.29, 1.82) is 0 Å². The van der Waals surface area contributed by atoms with Crippen molar-refractivity contribution in [2.24, 2.45) is 0 Å². The lowest BCUT2D eigenvalue weighted by molar-refractivity contribution is -0.154. The number of benzene rings is 1. The van der Waals surface area contributed by atoms with E-state index in [-0.39, 0.29) is 12.6 Å². The summed E-state index contributed by atoms with van der Waals surface area (Å²) in [4.78, 5) is 26.7. The molecule has 0 fully saturated rings. The van der Waals surface area contributed by atoms with Gasteiger partial charge in [-0.2, -0.15) is 0 Å². The summed E-state index contributed by atoms with van der Waals surface area (Å²) in [5.41, 5.74) is 4.88. The molecule has 0 saturated carbocycles. The molecule has 5 heteroatoms. The fourth-order valence-corrected chi connectivity index (χ4v) is 3.15. The largest absolute Gasteiger partial charge is 0.459 e. The molecule has 1 aromatic heterocycles. The number of para-hydroxylation sites is 1. The van der Waals surface area contributed by atoms with Gasteiger partial charge >= 0.3 is 11.9 Å². The van der Waals surface area contributed by atoms with Crippen molar-refractivity contribution in [2.75, 3.05) is 6.61 Å². The van der Waals surface area contributed by atoms with Crippen LogP contribution in [0.3, 0.4) is 0 Å². The number of aromatic amines is 1. The predicted octanol–water partition coefficient (Wildman–Crippen LogP) is 2.01. The first-order valence-corrected chi connectivity index (χ1v) is 7.66. The maximum atomic E-state index is 11.8. The maximum absolute atomic E-state index is 11.8. The van der Waals surface area contributed by atoms with Crippen LogP contribution in [0.1, 0.15) is 30.2 Å². The maximum Gasteiger partial charge on any atom is 0.396 e. The highest BCUT2D eigenvalue weighted by Crippen LogP contribution is 2.30. The summed E-state index contributed by atoms with van der Waals surface area (Å²) in [6.45, 7) is 3.99. The summed E-state index contributed by atoms with van der Waals surface area (Å²) < 4.78 is 4.73. The summed E-state index contributed by atoms with van der Waals surface area (Å²) in [6.07, 6.45) is 2.44. The lowest BCUT2D eigenvalue weighted by Crippen LogP contribution is -2.42. The van der Waals surface area contributed by atoms with Crippen molar-refractivity contribution >= 4 is 22.8 Å². The lowest BCUT2D eigenvalue weighted by Gasteiger charge is -2.23. The second-order valence-corrected chi connectivity index (χ2v) is 5.71. The molecule has 0 bridgehead atoms. The lowest BCUT2D eigenvalue weighted by atomic mass is 9.91. The van der Waals surface area contributed by atoms with Crippen LogP contribution in [0.25, 0.3) is 10.9 Å². The topological polar surface area (TPSA) is 71.2 Å². The molecule has 0 aliphatic heterocycles. The number of rotatable bonds is 2. The van der Waals surface area contributed by atoms with Gasteiger partial charge in [-0.05, 0) is 44.2 Å². The molecule has 5 nitrogen and oxygen atoms in total. The third kappa shape index (κ3) is 2.58. The minimum absolute atomic E-state index is 0.0241. The summed E-state index contributed by atoms with van der Waals surface area (Å²) >= 11 is 0. The molecule has 1 heterocycles. The molecule has 0 radical (unpaired) electrons. The Morgan fingerprint density at radius 2 is 2.23 bits per heavy atom.